The molecule has 5 nitrogen and oxygen atoms in total. The van der Waals surface area contributed by atoms with Crippen LogP contribution in [0.15, 0.2) is 72.8 Å². The van der Waals surface area contributed by atoms with E-state index in [1.807, 2.05) is 48.5 Å². The molecule has 1 aliphatic rings. The molecule has 2 amide bonds. The minimum atomic E-state index is -0.594. The van der Waals surface area contributed by atoms with Crippen molar-refractivity contribution in [1.82, 2.24) is 4.90 Å². The summed E-state index contributed by atoms with van der Waals surface area (Å²) in [6.45, 7) is 2.58. The lowest BCUT2D eigenvalue weighted by Gasteiger charge is -2.22. The van der Waals surface area contributed by atoms with Crippen LogP contribution in [0.1, 0.15) is 28.4 Å². The number of rotatable bonds is 4. The van der Waals surface area contributed by atoms with Crippen LogP contribution in [-0.4, -0.2) is 22.8 Å². The standard InChI is InChI=1S/C24H21ClN2O3/c1-16-24(29)27(14-17-7-9-20(25)10-8-17)15-19-13-21(11-12-22(19)30-16)26-23(28)18-5-3-2-4-6-18/h2-13,16H,14-15H2,1H3,(H,26,28)/t16-/m1/s1. The summed E-state index contributed by atoms with van der Waals surface area (Å²) < 4.78 is 5.88. The normalized spacial score (nSPS) is 15.7. The molecular weight excluding hydrogens is 400 g/mol. The highest BCUT2D eigenvalue weighted by molar-refractivity contribution is 6.30. The largest absolute Gasteiger partial charge is 0.481 e. The van der Waals surface area contributed by atoms with Gasteiger partial charge in [-0.1, -0.05) is 41.9 Å². The summed E-state index contributed by atoms with van der Waals surface area (Å²) in [5.41, 5.74) is 3.06. The summed E-state index contributed by atoms with van der Waals surface area (Å²) in [7, 11) is 0. The molecule has 1 aliphatic heterocycles. The number of hydrogen-bond acceptors (Lipinski definition) is 3. The molecular formula is C24H21ClN2O3. The molecule has 1 atom stereocenters. The van der Waals surface area contributed by atoms with Crippen molar-refractivity contribution in [2.45, 2.75) is 26.1 Å². The van der Waals surface area contributed by atoms with Crippen LogP contribution in [-0.2, 0) is 17.9 Å². The van der Waals surface area contributed by atoms with Gasteiger partial charge >= 0.3 is 0 Å². The Kier molecular flexibility index (Phi) is 5.72. The fourth-order valence-electron chi connectivity index (χ4n) is 3.41. The number of anilines is 1. The number of carbonyl (C=O) groups excluding carboxylic acids is 2. The van der Waals surface area contributed by atoms with E-state index in [1.165, 1.54) is 0 Å². The van der Waals surface area contributed by atoms with Gasteiger partial charge in [-0.05, 0) is 55.0 Å². The van der Waals surface area contributed by atoms with E-state index in [2.05, 4.69) is 5.32 Å². The smallest absolute Gasteiger partial charge is 0.263 e. The van der Waals surface area contributed by atoms with Crippen molar-refractivity contribution < 1.29 is 14.3 Å². The predicted molar refractivity (Wildman–Crippen MR) is 117 cm³/mol. The molecule has 3 aromatic rings. The lowest BCUT2D eigenvalue weighted by Crippen LogP contribution is -2.37. The Labute approximate surface area is 180 Å². The maximum absolute atomic E-state index is 12.8. The third-order valence-corrected chi connectivity index (χ3v) is 5.22. The summed E-state index contributed by atoms with van der Waals surface area (Å²) in [4.78, 5) is 27.1. The molecule has 0 fully saturated rings. The summed E-state index contributed by atoms with van der Waals surface area (Å²) in [5, 5.41) is 3.56. The molecule has 1 heterocycles. The minimum absolute atomic E-state index is 0.0870. The lowest BCUT2D eigenvalue weighted by molar-refractivity contribution is -0.138. The number of halogens is 1. The minimum Gasteiger partial charge on any atom is -0.481 e. The van der Waals surface area contributed by atoms with E-state index < -0.39 is 6.10 Å². The van der Waals surface area contributed by atoms with Crippen molar-refractivity contribution in [3.63, 3.8) is 0 Å². The second-order valence-corrected chi connectivity index (χ2v) is 7.66. The monoisotopic (exact) mass is 420 g/mol. The van der Waals surface area contributed by atoms with Gasteiger partial charge in [0.25, 0.3) is 11.8 Å². The number of benzene rings is 3. The number of nitrogens with one attached hydrogen (secondary N) is 1. The zero-order chi connectivity index (χ0) is 21.1. The second-order valence-electron chi connectivity index (χ2n) is 7.22. The van der Waals surface area contributed by atoms with Gasteiger partial charge in [-0.3, -0.25) is 9.59 Å². The molecule has 3 aromatic carbocycles. The molecule has 0 saturated heterocycles. The lowest BCUT2D eigenvalue weighted by atomic mass is 10.1. The van der Waals surface area contributed by atoms with E-state index in [4.69, 9.17) is 16.3 Å². The van der Waals surface area contributed by atoms with Crippen LogP contribution in [0, 0.1) is 0 Å². The van der Waals surface area contributed by atoms with E-state index in [0.29, 0.717) is 35.1 Å². The van der Waals surface area contributed by atoms with Crippen molar-refractivity contribution >= 4 is 29.1 Å². The second kappa shape index (κ2) is 8.59. The number of ether oxygens (including phenoxy) is 1. The van der Waals surface area contributed by atoms with Crippen LogP contribution in [0.4, 0.5) is 5.69 Å². The Balaban J connectivity index is 1.56. The topological polar surface area (TPSA) is 58.6 Å². The Morgan fingerprint density at radius 3 is 2.57 bits per heavy atom. The Bertz CT molecular complexity index is 1070. The van der Waals surface area contributed by atoms with Crippen LogP contribution < -0.4 is 10.1 Å². The maximum atomic E-state index is 12.8. The highest BCUT2D eigenvalue weighted by atomic mass is 35.5. The number of hydrogen-bond donors (Lipinski definition) is 1. The first-order valence-electron chi connectivity index (χ1n) is 9.69. The third-order valence-electron chi connectivity index (χ3n) is 4.97. The zero-order valence-electron chi connectivity index (χ0n) is 16.5. The fraction of sp³-hybridized carbons (Fsp3) is 0.167. The third kappa shape index (κ3) is 4.47. The van der Waals surface area contributed by atoms with Crippen LogP contribution >= 0.6 is 11.6 Å². The summed E-state index contributed by atoms with van der Waals surface area (Å²) in [6.07, 6.45) is -0.594. The summed E-state index contributed by atoms with van der Waals surface area (Å²) >= 11 is 5.97. The highest BCUT2D eigenvalue weighted by Gasteiger charge is 2.28. The van der Waals surface area contributed by atoms with Crippen LogP contribution in [0.25, 0.3) is 0 Å². The van der Waals surface area contributed by atoms with Crippen molar-refractivity contribution in [2.24, 2.45) is 0 Å². The van der Waals surface area contributed by atoms with Gasteiger partial charge in [-0.2, -0.15) is 0 Å². The molecule has 30 heavy (non-hydrogen) atoms. The quantitative estimate of drug-likeness (QED) is 0.653. The van der Waals surface area contributed by atoms with Crippen molar-refractivity contribution in [3.05, 3.63) is 94.5 Å². The first kappa shape index (κ1) is 20.0. The molecule has 1 N–H and O–H groups in total. The van der Waals surface area contributed by atoms with Gasteiger partial charge in [0.2, 0.25) is 0 Å². The first-order valence-corrected chi connectivity index (χ1v) is 10.1. The van der Waals surface area contributed by atoms with E-state index in [1.54, 1.807) is 36.1 Å². The molecule has 0 saturated carbocycles. The van der Waals surface area contributed by atoms with Gasteiger partial charge in [-0.25, -0.2) is 0 Å². The van der Waals surface area contributed by atoms with Gasteiger partial charge in [0, 0.05) is 34.9 Å². The van der Waals surface area contributed by atoms with Crippen molar-refractivity contribution in [2.75, 3.05) is 5.32 Å². The van der Waals surface area contributed by atoms with E-state index in [-0.39, 0.29) is 11.8 Å². The summed E-state index contributed by atoms with van der Waals surface area (Å²) in [5.74, 6) is 0.371. The van der Waals surface area contributed by atoms with E-state index in [0.717, 1.165) is 11.1 Å². The Morgan fingerprint density at radius 2 is 1.83 bits per heavy atom. The van der Waals surface area contributed by atoms with Gasteiger partial charge in [0.1, 0.15) is 5.75 Å². The van der Waals surface area contributed by atoms with Gasteiger partial charge in [0.15, 0.2) is 6.10 Å². The van der Waals surface area contributed by atoms with Gasteiger partial charge in [0.05, 0.1) is 0 Å². The number of nitrogens with zero attached hydrogens (tertiary/aromatic N) is 1. The summed E-state index contributed by atoms with van der Waals surface area (Å²) in [6, 6.07) is 21.9. The molecule has 0 unspecified atom stereocenters. The first-order chi connectivity index (χ1) is 14.5. The molecule has 0 bridgehead atoms. The van der Waals surface area contributed by atoms with Crippen LogP contribution in [0.3, 0.4) is 0 Å². The average Bonchev–Trinajstić information content (AvgIpc) is 2.87. The number of fused-ring (bicyclic) bond motifs is 1. The van der Waals surface area contributed by atoms with Crippen LogP contribution in [0.5, 0.6) is 5.75 Å². The Morgan fingerprint density at radius 1 is 1.10 bits per heavy atom. The predicted octanol–water partition coefficient (Wildman–Crippen LogP) is 4.90. The number of carbonyl (C=O) groups is 2. The van der Waals surface area contributed by atoms with E-state index in [9.17, 15) is 9.59 Å². The van der Waals surface area contributed by atoms with Crippen molar-refractivity contribution in [3.8, 4) is 5.75 Å². The zero-order valence-corrected chi connectivity index (χ0v) is 17.2. The number of amides is 2. The van der Waals surface area contributed by atoms with Gasteiger partial charge < -0.3 is 15.0 Å². The molecule has 0 spiro atoms. The van der Waals surface area contributed by atoms with Crippen molar-refractivity contribution in [1.29, 1.82) is 0 Å². The van der Waals surface area contributed by atoms with Crippen LogP contribution in [0.2, 0.25) is 5.02 Å². The average molecular weight is 421 g/mol. The molecule has 0 aliphatic carbocycles. The molecule has 0 radical (unpaired) electrons. The maximum Gasteiger partial charge on any atom is 0.263 e. The fourth-order valence-corrected chi connectivity index (χ4v) is 3.54. The van der Waals surface area contributed by atoms with E-state index >= 15 is 0 Å². The SMILES string of the molecule is C[C@H]1Oc2ccc(NC(=O)c3ccccc3)cc2CN(Cc2ccc(Cl)cc2)C1=O. The molecule has 152 valence electrons. The molecule has 0 aromatic heterocycles. The Hall–Kier alpha value is -3.31. The molecule has 6 heteroatoms. The highest BCUT2D eigenvalue weighted by Crippen LogP contribution is 2.29. The molecule has 4 rings (SSSR count). The van der Waals surface area contributed by atoms with Gasteiger partial charge in [-0.15, -0.1) is 0 Å².